The van der Waals surface area contributed by atoms with E-state index in [1.54, 1.807) is 36.4 Å². The third-order valence-corrected chi connectivity index (χ3v) is 4.94. The predicted octanol–water partition coefficient (Wildman–Crippen LogP) is 2.48. The summed E-state index contributed by atoms with van der Waals surface area (Å²) in [5.41, 5.74) is 5.58. The van der Waals surface area contributed by atoms with E-state index in [0.717, 1.165) is 0 Å². The van der Waals surface area contributed by atoms with Gasteiger partial charge in [-0.25, -0.2) is 0 Å². The zero-order valence-corrected chi connectivity index (χ0v) is 16.0. The second-order valence-electron chi connectivity index (χ2n) is 6.83. The van der Waals surface area contributed by atoms with Crippen LogP contribution in [0.1, 0.15) is 28.9 Å². The van der Waals surface area contributed by atoms with Gasteiger partial charge in [0.05, 0.1) is 6.26 Å². The van der Waals surface area contributed by atoms with Gasteiger partial charge in [0.1, 0.15) is 6.07 Å². The molecule has 0 atom stereocenters. The summed E-state index contributed by atoms with van der Waals surface area (Å²) in [5.74, 6) is 0.201. The van der Waals surface area contributed by atoms with Crippen LogP contribution >= 0.6 is 0 Å². The largest absolute Gasteiger partial charge is 0.459 e. The number of furan rings is 1. The lowest BCUT2D eigenvalue weighted by atomic mass is 9.96. The van der Waals surface area contributed by atoms with Gasteiger partial charge in [-0.15, -0.1) is 0 Å². The van der Waals surface area contributed by atoms with Crippen molar-refractivity contribution in [1.29, 1.82) is 5.26 Å². The van der Waals surface area contributed by atoms with Crippen LogP contribution < -0.4 is 15.8 Å². The highest BCUT2D eigenvalue weighted by Gasteiger charge is 2.29. The van der Waals surface area contributed by atoms with Crippen molar-refractivity contribution in [1.82, 2.24) is 15.8 Å². The molecule has 0 saturated carbocycles. The van der Waals surface area contributed by atoms with Crippen LogP contribution in [-0.2, 0) is 4.79 Å². The Morgan fingerprint density at radius 2 is 1.87 bits per heavy atom. The number of amides is 2. The van der Waals surface area contributed by atoms with Gasteiger partial charge >= 0.3 is 0 Å². The van der Waals surface area contributed by atoms with Crippen molar-refractivity contribution in [3.63, 3.8) is 0 Å². The molecule has 0 unspecified atom stereocenters. The van der Waals surface area contributed by atoms with Crippen LogP contribution in [0.4, 0.5) is 5.88 Å². The summed E-state index contributed by atoms with van der Waals surface area (Å²) in [7, 11) is 0. The van der Waals surface area contributed by atoms with E-state index < -0.39 is 0 Å². The molecule has 30 heavy (non-hydrogen) atoms. The molecule has 3 heterocycles. The number of oxazole rings is 1. The van der Waals surface area contributed by atoms with E-state index in [2.05, 4.69) is 15.8 Å². The second-order valence-corrected chi connectivity index (χ2v) is 6.83. The fourth-order valence-electron chi connectivity index (χ4n) is 3.33. The Morgan fingerprint density at radius 3 is 2.53 bits per heavy atom. The van der Waals surface area contributed by atoms with E-state index in [-0.39, 0.29) is 29.3 Å². The summed E-state index contributed by atoms with van der Waals surface area (Å²) in [5, 5.41) is 9.38. The SMILES string of the molecule is N#Cc1nc(-c2ccco2)oc1N1CCC(C(=O)NNC(=O)c2ccccc2)CC1. The van der Waals surface area contributed by atoms with E-state index in [9.17, 15) is 14.9 Å². The fourth-order valence-corrected chi connectivity index (χ4v) is 3.33. The van der Waals surface area contributed by atoms with E-state index in [1.165, 1.54) is 6.26 Å². The Bertz CT molecular complexity index is 1060. The van der Waals surface area contributed by atoms with Crippen molar-refractivity contribution >= 4 is 17.7 Å². The average molecular weight is 405 g/mol. The summed E-state index contributed by atoms with van der Waals surface area (Å²) in [6.45, 7) is 1.04. The van der Waals surface area contributed by atoms with Gasteiger partial charge in [0, 0.05) is 24.6 Å². The Hall–Kier alpha value is -4.06. The van der Waals surface area contributed by atoms with E-state index in [4.69, 9.17) is 8.83 Å². The maximum Gasteiger partial charge on any atom is 0.269 e. The molecular weight excluding hydrogens is 386 g/mol. The van der Waals surface area contributed by atoms with E-state index in [0.29, 0.717) is 43.1 Å². The van der Waals surface area contributed by atoms with Crippen LogP contribution in [0.15, 0.2) is 57.6 Å². The van der Waals surface area contributed by atoms with Crippen LogP contribution in [0.3, 0.4) is 0 Å². The van der Waals surface area contributed by atoms with Crippen molar-refractivity contribution in [3.05, 3.63) is 60.0 Å². The quantitative estimate of drug-likeness (QED) is 0.639. The first kappa shape index (κ1) is 19.3. The number of hydrogen-bond donors (Lipinski definition) is 2. The summed E-state index contributed by atoms with van der Waals surface area (Å²) in [6.07, 6.45) is 2.61. The van der Waals surface area contributed by atoms with E-state index in [1.807, 2.05) is 17.0 Å². The smallest absolute Gasteiger partial charge is 0.269 e. The molecular formula is C21H19N5O4. The zero-order valence-electron chi connectivity index (χ0n) is 16.0. The molecule has 1 aliphatic rings. The number of nitrogens with one attached hydrogen (secondary N) is 2. The molecule has 0 radical (unpaired) electrons. The fraction of sp³-hybridized carbons (Fsp3) is 0.238. The lowest BCUT2D eigenvalue weighted by Gasteiger charge is -2.30. The zero-order chi connectivity index (χ0) is 20.9. The van der Waals surface area contributed by atoms with Gasteiger partial charge in [0.2, 0.25) is 17.5 Å². The molecule has 2 N–H and O–H groups in total. The molecule has 2 amide bonds. The van der Waals surface area contributed by atoms with Gasteiger partial charge in [-0.1, -0.05) is 18.2 Å². The molecule has 0 aliphatic carbocycles. The lowest BCUT2D eigenvalue weighted by Crippen LogP contribution is -2.47. The van der Waals surface area contributed by atoms with Crippen LogP contribution in [0, 0.1) is 17.2 Å². The first-order chi connectivity index (χ1) is 14.7. The standard InChI is InChI=1S/C21H19N5O4/c22-13-16-21(30-20(23-16)17-7-4-12-29-17)26-10-8-15(9-11-26)19(28)25-24-18(27)14-5-2-1-3-6-14/h1-7,12,15H,8-11H2,(H,24,27)(H,25,28). The minimum atomic E-state index is -0.368. The van der Waals surface area contributed by atoms with Crippen molar-refractivity contribution in [2.75, 3.05) is 18.0 Å². The number of piperidine rings is 1. The van der Waals surface area contributed by atoms with Gasteiger partial charge in [-0.3, -0.25) is 20.4 Å². The Balaban J connectivity index is 1.33. The minimum absolute atomic E-state index is 0.180. The summed E-state index contributed by atoms with van der Waals surface area (Å²) in [6, 6.07) is 14.1. The molecule has 0 spiro atoms. The number of hydrazine groups is 1. The Labute approximate surface area is 172 Å². The van der Waals surface area contributed by atoms with Crippen LogP contribution in [-0.4, -0.2) is 29.9 Å². The third kappa shape index (κ3) is 4.03. The van der Waals surface area contributed by atoms with Gasteiger partial charge in [0.25, 0.3) is 11.8 Å². The maximum atomic E-state index is 12.4. The van der Waals surface area contributed by atoms with Crippen molar-refractivity contribution < 1.29 is 18.4 Å². The Morgan fingerprint density at radius 1 is 1.10 bits per heavy atom. The second kappa shape index (κ2) is 8.53. The number of aromatic nitrogens is 1. The van der Waals surface area contributed by atoms with Gasteiger partial charge in [-0.2, -0.15) is 10.2 Å². The molecule has 9 nitrogen and oxygen atoms in total. The summed E-state index contributed by atoms with van der Waals surface area (Å²) in [4.78, 5) is 30.5. The number of carbonyl (C=O) groups excluding carboxylic acids is 2. The third-order valence-electron chi connectivity index (χ3n) is 4.94. The number of hydrogen-bond acceptors (Lipinski definition) is 7. The molecule has 152 valence electrons. The number of carbonyl (C=O) groups is 2. The monoisotopic (exact) mass is 405 g/mol. The topological polar surface area (TPSA) is 124 Å². The molecule has 1 aromatic carbocycles. The van der Waals surface area contributed by atoms with Crippen molar-refractivity contribution in [2.45, 2.75) is 12.8 Å². The maximum absolute atomic E-state index is 12.4. The number of nitrogens with zero attached hydrogens (tertiary/aromatic N) is 3. The predicted molar refractivity (Wildman–Crippen MR) is 106 cm³/mol. The lowest BCUT2D eigenvalue weighted by molar-refractivity contribution is -0.126. The molecule has 3 aromatic rings. The molecule has 1 saturated heterocycles. The highest BCUT2D eigenvalue weighted by atomic mass is 16.4. The Kier molecular flexibility index (Phi) is 5.48. The van der Waals surface area contributed by atoms with Gasteiger partial charge in [-0.05, 0) is 37.1 Å². The van der Waals surface area contributed by atoms with Crippen LogP contribution in [0.5, 0.6) is 0 Å². The number of nitriles is 1. The highest BCUT2D eigenvalue weighted by Crippen LogP contribution is 2.31. The van der Waals surface area contributed by atoms with Crippen molar-refractivity contribution in [2.24, 2.45) is 5.92 Å². The summed E-state index contributed by atoms with van der Waals surface area (Å²) < 4.78 is 11.0. The number of anilines is 1. The normalized spacial score (nSPS) is 14.2. The molecule has 0 bridgehead atoms. The number of rotatable bonds is 4. The summed E-state index contributed by atoms with van der Waals surface area (Å²) >= 11 is 0. The molecule has 1 fully saturated rings. The van der Waals surface area contributed by atoms with Crippen molar-refractivity contribution in [3.8, 4) is 17.7 Å². The van der Waals surface area contributed by atoms with Crippen LogP contribution in [0.2, 0.25) is 0 Å². The minimum Gasteiger partial charge on any atom is -0.459 e. The van der Waals surface area contributed by atoms with Gasteiger partial charge in [0.15, 0.2) is 5.76 Å². The first-order valence-corrected chi connectivity index (χ1v) is 9.50. The van der Waals surface area contributed by atoms with Gasteiger partial charge < -0.3 is 13.7 Å². The highest BCUT2D eigenvalue weighted by molar-refractivity contribution is 5.95. The first-order valence-electron chi connectivity index (χ1n) is 9.50. The van der Waals surface area contributed by atoms with E-state index >= 15 is 0 Å². The molecule has 1 aliphatic heterocycles. The van der Waals surface area contributed by atoms with Crippen LogP contribution in [0.25, 0.3) is 11.7 Å². The molecule has 2 aromatic heterocycles. The molecule has 4 rings (SSSR count). The number of benzene rings is 1. The molecule has 9 heteroatoms. The average Bonchev–Trinajstić information content (AvgIpc) is 3.47.